The van der Waals surface area contributed by atoms with E-state index in [1.807, 2.05) is 60.4 Å². The van der Waals surface area contributed by atoms with E-state index in [9.17, 15) is 9.90 Å². The number of carbonyl (C=O) groups is 1. The second kappa shape index (κ2) is 7.92. The Morgan fingerprint density at radius 2 is 1.86 bits per heavy atom. The first-order valence-corrected chi connectivity index (χ1v) is 10.2. The van der Waals surface area contributed by atoms with Crippen LogP contribution in [0.2, 0.25) is 0 Å². The van der Waals surface area contributed by atoms with E-state index in [2.05, 4.69) is 4.98 Å². The van der Waals surface area contributed by atoms with Crippen LogP contribution in [-0.2, 0) is 17.8 Å². The van der Waals surface area contributed by atoms with Crippen LogP contribution in [0.4, 0.5) is 4.79 Å². The summed E-state index contributed by atoms with van der Waals surface area (Å²) in [6.45, 7) is 2.25. The molecule has 2 bridgehead atoms. The Morgan fingerprint density at radius 1 is 1.14 bits per heavy atom. The second-order valence-electron chi connectivity index (χ2n) is 8.27. The van der Waals surface area contributed by atoms with Crippen LogP contribution in [0.3, 0.4) is 0 Å². The molecule has 2 saturated heterocycles. The van der Waals surface area contributed by atoms with E-state index in [4.69, 9.17) is 4.74 Å². The Balaban J connectivity index is 1.43. The number of benzene rings is 1. The van der Waals surface area contributed by atoms with Gasteiger partial charge in [0.25, 0.3) is 0 Å². The average molecular weight is 380 g/mol. The number of fused-ring (bicyclic) bond motifs is 2. The third-order valence-electron chi connectivity index (χ3n) is 5.96. The zero-order valence-corrected chi connectivity index (χ0v) is 16.4. The molecule has 2 atom stereocenters. The highest BCUT2D eigenvalue weighted by molar-refractivity contribution is 5.69. The van der Waals surface area contributed by atoms with Crippen molar-refractivity contribution in [2.75, 3.05) is 0 Å². The number of ether oxygens (including phenoxy) is 1. The molecule has 148 valence electrons. The molecule has 4 rings (SSSR count). The molecule has 0 spiro atoms. The van der Waals surface area contributed by atoms with Gasteiger partial charge in [-0.1, -0.05) is 36.4 Å². The molecule has 2 aromatic rings. The summed E-state index contributed by atoms with van der Waals surface area (Å²) in [4.78, 5) is 19.3. The zero-order chi connectivity index (χ0) is 19.6. The predicted octanol–water partition coefficient (Wildman–Crippen LogP) is 4.02. The van der Waals surface area contributed by atoms with Crippen LogP contribution < -0.4 is 0 Å². The molecule has 0 radical (unpaired) electrons. The van der Waals surface area contributed by atoms with Gasteiger partial charge >= 0.3 is 6.09 Å². The number of carbonyl (C=O) groups excluding carboxylic acids is 1. The third kappa shape index (κ3) is 4.20. The van der Waals surface area contributed by atoms with Crippen molar-refractivity contribution in [2.45, 2.75) is 69.7 Å². The summed E-state index contributed by atoms with van der Waals surface area (Å²) in [6.07, 6.45) is 4.37. The van der Waals surface area contributed by atoms with Gasteiger partial charge in [0.15, 0.2) is 0 Å². The molecular formula is C23H28N2O3. The summed E-state index contributed by atoms with van der Waals surface area (Å²) < 4.78 is 5.60. The fourth-order valence-electron chi connectivity index (χ4n) is 4.80. The van der Waals surface area contributed by atoms with Gasteiger partial charge in [0.2, 0.25) is 0 Å². The quantitative estimate of drug-likeness (QED) is 0.870. The number of piperidine rings is 2. The molecule has 5 heteroatoms. The number of pyridine rings is 1. The Labute approximate surface area is 166 Å². The molecular weight excluding hydrogens is 352 g/mol. The van der Waals surface area contributed by atoms with Crippen LogP contribution in [0, 0.1) is 6.92 Å². The van der Waals surface area contributed by atoms with Gasteiger partial charge in [-0.05, 0) is 56.7 Å². The third-order valence-corrected chi connectivity index (χ3v) is 5.96. The molecule has 0 aliphatic carbocycles. The zero-order valence-electron chi connectivity index (χ0n) is 16.4. The monoisotopic (exact) mass is 380 g/mol. The predicted molar refractivity (Wildman–Crippen MR) is 107 cm³/mol. The highest BCUT2D eigenvalue weighted by Gasteiger charge is 2.48. The molecule has 1 aromatic heterocycles. The summed E-state index contributed by atoms with van der Waals surface area (Å²) in [6, 6.07) is 15.7. The van der Waals surface area contributed by atoms with Gasteiger partial charge < -0.3 is 14.7 Å². The van der Waals surface area contributed by atoms with Crippen LogP contribution in [0.15, 0.2) is 48.5 Å². The lowest BCUT2D eigenvalue weighted by molar-refractivity contribution is -0.0849. The topological polar surface area (TPSA) is 62.7 Å². The molecule has 2 aliphatic heterocycles. The van der Waals surface area contributed by atoms with Crippen molar-refractivity contribution in [1.29, 1.82) is 0 Å². The van der Waals surface area contributed by atoms with Gasteiger partial charge in [-0.3, -0.25) is 4.98 Å². The van der Waals surface area contributed by atoms with Gasteiger partial charge in [-0.2, -0.15) is 0 Å². The highest BCUT2D eigenvalue weighted by Crippen LogP contribution is 2.41. The van der Waals surface area contributed by atoms with E-state index in [1.165, 1.54) is 0 Å². The first-order chi connectivity index (χ1) is 13.5. The maximum atomic E-state index is 12.8. The summed E-state index contributed by atoms with van der Waals surface area (Å²) in [5.74, 6) is 0. The summed E-state index contributed by atoms with van der Waals surface area (Å²) in [7, 11) is 0. The maximum Gasteiger partial charge on any atom is 0.410 e. The van der Waals surface area contributed by atoms with Gasteiger partial charge in [-0.15, -0.1) is 0 Å². The van der Waals surface area contributed by atoms with Gasteiger partial charge in [-0.25, -0.2) is 4.79 Å². The summed E-state index contributed by atoms with van der Waals surface area (Å²) >= 11 is 0. The highest BCUT2D eigenvalue weighted by atomic mass is 16.6. The van der Waals surface area contributed by atoms with Crippen molar-refractivity contribution in [3.63, 3.8) is 0 Å². The van der Waals surface area contributed by atoms with Gasteiger partial charge in [0.1, 0.15) is 6.61 Å². The molecule has 2 unspecified atom stereocenters. The van der Waals surface area contributed by atoms with Crippen molar-refractivity contribution < 1.29 is 14.6 Å². The molecule has 5 nitrogen and oxygen atoms in total. The molecule has 3 heterocycles. The minimum atomic E-state index is -0.813. The first-order valence-electron chi connectivity index (χ1n) is 10.2. The van der Waals surface area contributed by atoms with Crippen LogP contribution in [-0.4, -0.2) is 38.8 Å². The summed E-state index contributed by atoms with van der Waals surface area (Å²) in [5.41, 5.74) is 2.05. The van der Waals surface area contributed by atoms with Crippen LogP contribution in [0.5, 0.6) is 0 Å². The maximum absolute atomic E-state index is 12.8. The standard InChI is InChI=1S/C23H28N2O3/c1-17-7-5-10-19(24-17)13-23(27)14-20-11-6-12-21(15-23)25(20)22(26)28-16-18-8-3-2-4-9-18/h2-5,7-10,20-21,27H,6,11-16H2,1H3. The SMILES string of the molecule is Cc1cccc(CC2(O)CC3CCCC(C2)N3C(=O)OCc2ccccc2)n1. The average Bonchev–Trinajstić information content (AvgIpc) is 2.66. The lowest BCUT2D eigenvalue weighted by Gasteiger charge is -2.51. The lowest BCUT2D eigenvalue weighted by Crippen LogP contribution is -2.60. The number of amides is 1. The van der Waals surface area contributed by atoms with Crippen molar-refractivity contribution >= 4 is 6.09 Å². The normalized spacial score (nSPS) is 26.7. The molecule has 2 fully saturated rings. The van der Waals surface area contributed by atoms with E-state index in [0.29, 0.717) is 19.3 Å². The molecule has 1 amide bonds. The van der Waals surface area contributed by atoms with Crippen molar-refractivity contribution in [3.05, 3.63) is 65.5 Å². The van der Waals surface area contributed by atoms with Crippen molar-refractivity contribution in [3.8, 4) is 0 Å². The number of hydrogen-bond acceptors (Lipinski definition) is 4. The Kier molecular flexibility index (Phi) is 5.36. The fraction of sp³-hybridized carbons (Fsp3) is 0.478. The fourth-order valence-corrected chi connectivity index (χ4v) is 4.80. The van der Waals surface area contributed by atoms with Crippen molar-refractivity contribution in [2.24, 2.45) is 0 Å². The van der Waals surface area contributed by atoms with E-state index in [0.717, 1.165) is 36.2 Å². The lowest BCUT2D eigenvalue weighted by atomic mass is 9.74. The largest absolute Gasteiger partial charge is 0.445 e. The second-order valence-corrected chi connectivity index (χ2v) is 8.27. The first kappa shape index (κ1) is 18.9. The minimum absolute atomic E-state index is 0.0329. The van der Waals surface area contributed by atoms with E-state index in [-0.39, 0.29) is 24.8 Å². The van der Waals surface area contributed by atoms with Gasteiger partial charge in [0.05, 0.1) is 5.60 Å². The van der Waals surface area contributed by atoms with Crippen LogP contribution in [0.1, 0.15) is 49.1 Å². The molecule has 1 aromatic carbocycles. The number of aliphatic hydroxyl groups is 1. The number of aryl methyl sites for hydroxylation is 1. The van der Waals surface area contributed by atoms with E-state index < -0.39 is 5.60 Å². The number of rotatable bonds is 4. The molecule has 0 saturated carbocycles. The minimum Gasteiger partial charge on any atom is -0.445 e. The number of aromatic nitrogens is 1. The number of nitrogens with zero attached hydrogens (tertiary/aromatic N) is 2. The van der Waals surface area contributed by atoms with Crippen molar-refractivity contribution in [1.82, 2.24) is 9.88 Å². The Morgan fingerprint density at radius 3 is 2.54 bits per heavy atom. The van der Waals surface area contributed by atoms with Crippen LogP contribution in [0.25, 0.3) is 0 Å². The van der Waals surface area contributed by atoms with Gasteiger partial charge in [0, 0.05) is 29.9 Å². The smallest absolute Gasteiger partial charge is 0.410 e. The van der Waals surface area contributed by atoms with Crippen LogP contribution >= 0.6 is 0 Å². The Bertz CT molecular complexity index is 810. The van der Waals surface area contributed by atoms with E-state index >= 15 is 0 Å². The molecule has 2 aliphatic rings. The molecule has 1 N–H and O–H groups in total. The number of hydrogen-bond donors (Lipinski definition) is 1. The van der Waals surface area contributed by atoms with E-state index in [1.54, 1.807) is 0 Å². The molecule has 28 heavy (non-hydrogen) atoms. The Hall–Kier alpha value is -2.40. The summed E-state index contributed by atoms with van der Waals surface area (Å²) in [5, 5.41) is 11.3.